The predicted octanol–water partition coefficient (Wildman–Crippen LogP) is 2.04. The minimum atomic E-state index is -1.00. The van der Waals surface area contributed by atoms with E-state index in [4.69, 9.17) is 0 Å². The average Bonchev–Trinajstić information content (AvgIpc) is 2.71. The van der Waals surface area contributed by atoms with Crippen LogP contribution < -0.4 is 5.32 Å². The number of fused-ring (bicyclic) bond motifs is 1. The second kappa shape index (κ2) is 5.09. The third kappa shape index (κ3) is 2.57. The molecule has 0 amide bonds. The maximum Gasteiger partial charge on any atom is 0.339 e. The van der Waals surface area contributed by atoms with Gasteiger partial charge in [-0.05, 0) is 13.8 Å². The minimum Gasteiger partial charge on any atom is -0.478 e. The van der Waals surface area contributed by atoms with Gasteiger partial charge in [0.2, 0.25) is 0 Å². The van der Waals surface area contributed by atoms with E-state index >= 15 is 0 Å². The van der Waals surface area contributed by atoms with Gasteiger partial charge in [0.1, 0.15) is 5.56 Å². The number of aryl methyl sites for hydroxylation is 1. The Morgan fingerprint density at radius 1 is 1.47 bits per heavy atom. The summed E-state index contributed by atoms with van der Waals surface area (Å²) in [6.07, 6.45) is 4.98. The quantitative estimate of drug-likeness (QED) is 0.822. The van der Waals surface area contributed by atoms with Crippen LogP contribution in [0.4, 0.5) is 5.69 Å². The van der Waals surface area contributed by atoms with E-state index in [0.29, 0.717) is 23.3 Å². The Labute approximate surface area is 110 Å². The number of anilines is 1. The smallest absolute Gasteiger partial charge is 0.339 e. The van der Waals surface area contributed by atoms with Crippen molar-refractivity contribution in [1.29, 1.82) is 0 Å². The molecule has 0 unspecified atom stereocenters. The monoisotopic (exact) mass is 260 g/mol. The zero-order chi connectivity index (χ0) is 14.0. The van der Waals surface area contributed by atoms with E-state index in [9.17, 15) is 9.90 Å². The normalized spacial score (nSPS) is 10.5. The van der Waals surface area contributed by atoms with Crippen LogP contribution in [0.3, 0.4) is 0 Å². The molecule has 2 aromatic rings. The maximum absolute atomic E-state index is 11.2. The van der Waals surface area contributed by atoms with Crippen LogP contribution in [0.5, 0.6) is 0 Å². The van der Waals surface area contributed by atoms with E-state index < -0.39 is 5.97 Å². The minimum absolute atomic E-state index is 0.155. The Bertz CT molecular complexity index is 654. The lowest BCUT2D eigenvalue weighted by atomic mass is 10.2. The summed E-state index contributed by atoms with van der Waals surface area (Å²) in [6, 6.07) is 0. The Balaban J connectivity index is 2.49. The summed E-state index contributed by atoms with van der Waals surface area (Å²) >= 11 is 0. The zero-order valence-electron chi connectivity index (χ0n) is 11.1. The lowest BCUT2D eigenvalue weighted by molar-refractivity contribution is 0.0697. The van der Waals surface area contributed by atoms with Gasteiger partial charge in [-0.1, -0.05) is 11.6 Å². The Kier molecular flexibility index (Phi) is 3.50. The van der Waals surface area contributed by atoms with Crippen LogP contribution in [0.1, 0.15) is 24.2 Å². The fraction of sp³-hybridized carbons (Fsp3) is 0.308. The first-order valence-corrected chi connectivity index (χ1v) is 5.92. The number of nitrogens with one attached hydrogen (secondary N) is 1. The van der Waals surface area contributed by atoms with Crippen molar-refractivity contribution in [1.82, 2.24) is 14.8 Å². The van der Waals surface area contributed by atoms with Crippen molar-refractivity contribution in [3.8, 4) is 0 Å². The van der Waals surface area contributed by atoms with Crippen molar-refractivity contribution in [2.24, 2.45) is 7.05 Å². The molecule has 2 rings (SSSR count). The van der Waals surface area contributed by atoms with Gasteiger partial charge in [-0.2, -0.15) is 5.10 Å². The lowest BCUT2D eigenvalue weighted by Crippen LogP contribution is -2.08. The molecule has 0 aromatic carbocycles. The van der Waals surface area contributed by atoms with Gasteiger partial charge in [0.25, 0.3) is 0 Å². The highest BCUT2D eigenvalue weighted by molar-refractivity contribution is 6.03. The fourth-order valence-corrected chi connectivity index (χ4v) is 1.81. The lowest BCUT2D eigenvalue weighted by Gasteiger charge is -2.09. The molecule has 19 heavy (non-hydrogen) atoms. The number of hydrogen-bond donors (Lipinski definition) is 2. The molecule has 0 spiro atoms. The van der Waals surface area contributed by atoms with Crippen LogP contribution in [0, 0.1) is 0 Å². The number of carbonyl (C=O) groups is 1. The molecule has 0 atom stereocenters. The van der Waals surface area contributed by atoms with Crippen LogP contribution in [0.25, 0.3) is 11.0 Å². The average molecular weight is 260 g/mol. The topological polar surface area (TPSA) is 80.0 Å². The molecule has 0 saturated heterocycles. The first-order valence-electron chi connectivity index (χ1n) is 5.92. The van der Waals surface area contributed by atoms with Crippen LogP contribution >= 0.6 is 0 Å². The van der Waals surface area contributed by atoms with Crippen molar-refractivity contribution < 1.29 is 9.90 Å². The highest BCUT2D eigenvalue weighted by Crippen LogP contribution is 2.25. The molecule has 100 valence electrons. The summed E-state index contributed by atoms with van der Waals surface area (Å²) in [7, 11) is 1.77. The molecular formula is C13H16N4O2. The van der Waals surface area contributed by atoms with Crippen molar-refractivity contribution in [2.75, 3.05) is 11.9 Å². The van der Waals surface area contributed by atoms with E-state index in [1.807, 2.05) is 19.9 Å². The number of carboxylic acids is 1. The van der Waals surface area contributed by atoms with Gasteiger partial charge in [0.05, 0.1) is 17.3 Å². The summed E-state index contributed by atoms with van der Waals surface area (Å²) < 4.78 is 1.62. The molecular weight excluding hydrogens is 244 g/mol. The van der Waals surface area contributed by atoms with Crippen LogP contribution in [-0.4, -0.2) is 32.4 Å². The number of nitrogens with zero attached hydrogens (tertiary/aromatic N) is 3. The van der Waals surface area contributed by atoms with E-state index in [0.717, 1.165) is 0 Å². The van der Waals surface area contributed by atoms with Gasteiger partial charge in [-0.3, -0.25) is 4.68 Å². The molecule has 0 aliphatic rings. The molecule has 6 heteroatoms. The highest BCUT2D eigenvalue weighted by atomic mass is 16.4. The summed E-state index contributed by atoms with van der Waals surface area (Å²) in [6.45, 7) is 4.55. The molecule has 0 aliphatic carbocycles. The van der Waals surface area contributed by atoms with Crippen LogP contribution in [-0.2, 0) is 7.05 Å². The van der Waals surface area contributed by atoms with E-state index in [-0.39, 0.29) is 5.56 Å². The second-order valence-corrected chi connectivity index (χ2v) is 4.52. The number of aromatic nitrogens is 3. The first-order chi connectivity index (χ1) is 9.00. The number of carboxylic acid groups (broad SMARTS) is 1. The standard InChI is InChI=1S/C13H16N4O2/c1-8(2)4-5-14-11-9-7-16-17(3)12(9)15-6-10(11)13(18)19/h4,6-7H,5H2,1-3H3,(H,14,15)(H,18,19). The van der Waals surface area contributed by atoms with Crippen molar-refractivity contribution >= 4 is 22.7 Å². The molecule has 6 nitrogen and oxygen atoms in total. The number of hydrogen-bond acceptors (Lipinski definition) is 4. The van der Waals surface area contributed by atoms with Gasteiger partial charge in [0, 0.05) is 19.8 Å². The zero-order valence-corrected chi connectivity index (χ0v) is 11.1. The molecule has 2 N–H and O–H groups in total. The van der Waals surface area contributed by atoms with Crippen LogP contribution in [0.15, 0.2) is 24.0 Å². The highest BCUT2D eigenvalue weighted by Gasteiger charge is 2.16. The van der Waals surface area contributed by atoms with Crippen molar-refractivity contribution in [3.05, 3.63) is 29.6 Å². The first kappa shape index (κ1) is 13.1. The fourth-order valence-electron chi connectivity index (χ4n) is 1.81. The Morgan fingerprint density at radius 3 is 2.84 bits per heavy atom. The predicted molar refractivity (Wildman–Crippen MR) is 73.4 cm³/mol. The SMILES string of the molecule is CC(C)=CCNc1c(C(=O)O)cnc2c1cnn2C. The van der Waals surface area contributed by atoms with E-state index in [1.165, 1.54) is 11.8 Å². The summed E-state index contributed by atoms with van der Waals surface area (Å²) in [5, 5.41) is 17.2. The molecule has 0 aliphatic heterocycles. The third-order valence-electron chi connectivity index (χ3n) is 2.78. The van der Waals surface area contributed by atoms with Gasteiger partial charge >= 0.3 is 5.97 Å². The molecule has 0 fully saturated rings. The number of allylic oxidation sites excluding steroid dienone is 1. The number of pyridine rings is 1. The van der Waals surface area contributed by atoms with Gasteiger partial charge < -0.3 is 10.4 Å². The molecule has 2 aromatic heterocycles. The van der Waals surface area contributed by atoms with Crippen molar-refractivity contribution in [2.45, 2.75) is 13.8 Å². The summed E-state index contributed by atoms with van der Waals surface area (Å²) in [4.78, 5) is 15.4. The van der Waals surface area contributed by atoms with Crippen molar-refractivity contribution in [3.63, 3.8) is 0 Å². The number of rotatable bonds is 4. The second-order valence-electron chi connectivity index (χ2n) is 4.52. The van der Waals surface area contributed by atoms with Gasteiger partial charge in [0.15, 0.2) is 5.65 Å². The Hall–Kier alpha value is -2.37. The molecule has 0 saturated carbocycles. The van der Waals surface area contributed by atoms with E-state index in [2.05, 4.69) is 15.4 Å². The summed E-state index contributed by atoms with van der Waals surface area (Å²) in [5.74, 6) is -1.00. The molecule has 0 radical (unpaired) electrons. The summed E-state index contributed by atoms with van der Waals surface area (Å²) in [5.41, 5.74) is 2.54. The van der Waals surface area contributed by atoms with E-state index in [1.54, 1.807) is 17.9 Å². The van der Waals surface area contributed by atoms with Crippen LogP contribution in [0.2, 0.25) is 0 Å². The maximum atomic E-state index is 11.2. The van der Waals surface area contributed by atoms with Gasteiger partial charge in [-0.25, -0.2) is 9.78 Å². The molecule has 0 bridgehead atoms. The largest absolute Gasteiger partial charge is 0.478 e. The Morgan fingerprint density at radius 2 is 2.21 bits per heavy atom. The molecule has 2 heterocycles. The van der Waals surface area contributed by atoms with Gasteiger partial charge in [-0.15, -0.1) is 0 Å². The number of aromatic carboxylic acids is 1. The third-order valence-corrected chi connectivity index (χ3v) is 2.78.